The van der Waals surface area contributed by atoms with Crippen LogP contribution in [-0.4, -0.2) is 42.0 Å². The molecule has 0 radical (unpaired) electrons. The number of aryl methyl sites for hydroxylation is 1. The first-order valence-electron chi connectivity index (χ1n) is 9.02. The molecule has 1 unspecified atom stereocenters. The smallest absolute Gasteiger partial charge is 0.193 e. The first kappa shape index (κ1) is 17.8. The highest BCUT2D eigenvalue weighted by Gasteiger charge is 2.25. The Bertz CT molecular complexity index is 510. The lowest BCUT2D eigenvalue weighted by molar-refractivity contribution is 0.403. The van der Waals surface area contributed by atoms with Crippen molar-refractivity contribution in [3.05, 3.63) is 29.6 Å². The quantitative estimate of drug-likeness (QED) is 0.647. The lowest BCUT2D eigenvalue weighted by atomic mass is 9.97. The van der Waals surface area contributed by atoms with Crippen LogP contribution in [0.4, 0.5) is 0 Å². The van der Waals surface area contributed by atoms with Crippen LogP contribution in [0.3, 0.4) is 0 Å². The molecular formula is C19H32N4. The molecule has 4 heteroatoms. The summed E-state index contributed by atoms with van der Waals surface area (Å²) in [6, 6.07) is 2.10. The number of pyridine rings is 1. The van der Waals surface area contributed by atoms with Crippen molar-refractivity contribution in [3.8, 4) is 0 Å². The third-order valence-corrected chi connectivity index (χ3v) is 4.50. The number of nitrogens with one attached hydrogen (secondary N) is 1. The molecule has 4 nitrogen and oxygen atoms in total. The summed E-state index contributed by atoms with van der Waals surface area (Å²) >= 11 is 0. The standard InChI is InChI=1S/C19H32N4/c1-5-21-19(23-11-8-17(14-23)12-15(2)3)22-10-7-18-6-9-20-13-16(18)4/h6,9,13,15,17H,5,7-8,10-12,14H2,1-4H3,(H,21,22). The van der Waals surface area contributed by atoms with Crippen molar-refractivity contribution in [2.75, 3.05) is 26.2 Å². The number of aliphatic imine (C=N–C) groups is 1. The lowest BCUT2D eigenvalue weighted by Gasteiger charge is -2.22. The van der Waals surface area contributed by atoms with Crippen molar-refractivity contribution in [3.63, 3.8) is 0 Å². The van der Waals surface area contributed by atoms with E-state index >= 15 is 0 Å². The predicted octanol–water partition coefficient (Wildman–Crippen LogP) is 3.27. The van der Waals surface area contributed by atoms with E-state index in [0.717, 1.165) is 50.4 Å². The largest absolute Gasteiger partial charge is 0.357 e. The van der Waals surface area contributed by atoms with Crippen LogP contribution in [0.5, 0.6) is 0 Å². The molecule has 2 heterocycles. The lowest BCUT2D eigenvalue weighted by Crippen LogP contribution is -2.40. The third kappa shape index (κ3) is 5.52. The van der Waals surface area contributed by atoms with Gasteiger partial charge in [0.25, 0.3) is 0 Å². The molecule has 0 bridgehead atoms. The summed E-state index contributed by atoms with van der Waals surface area (Å²) in [4.78, 5) is 11.5. The molecular weight excluding hydrogens is 284 g/mol. The molecule has 23 heavy (non-hydrogen) atoms. The van der Waals surface area contributed by atoms with Crippen molar-refractivity contribution in [2.45, 2.75) is 47.0 Å². The third-order valence-electron chi connectivity index (χ3n) is 4.50. The summed E-state index contributed by atoms with van der Waals surface area (Å²) in [5, 5.41) is 3.46. The van der Waals surface area contributed by atoms with Gasteiger partial charge in [0.15, 0.2) is 5.96 Å². The van der Waals surface area contributed by atoms with Crippen molar-refractivity contribution in [1.29, 1.82) is 0 Å². The maximum Gasteiger partial charge on any atom is 0.193 e. The first-order chi connectivity index (χ1) is 11.1. The van der Waals surface area contributed by atoms with Gasteiger partial charge in [0.1, 0.15) is 0 Å². The summed E-state index contributed by atoms with van der Waals surface area (Å²) in [5.41, 5.74) is 2.60. The van der Waals surface area contributed by atoms with E-state index in [0.29, 0.717) is 0 Å². The molecule has 0 saturated carbocycles. The monoisotopic (exact) mass is 316 g/mol. The van der Waals surface area contributed by atoms with Gasteiger partial charge in [-0.05, 0) is 62.1 Å². The highest BCUT2D eigenvalue weighted by Crippen LogP contribution is 2.23. The van der Waals surface area contributed by atoms with E-state index < -0.39 is 0 Å². The highest BCUT2D eigenvalue weighted by atomic mass is 15.3. The first-order valence-corrected chi connectivity index (χ1v) is 9.02. The number of guanidine groups is 1. The van der Waals surface area contributed by atoms with Crippen LogP contribution < -0.4 is 5.32 Å². The fourth-order valence-electron chi connectivity index (χ4n) is 3.37. The minimum Gasteiger partial charge on any atom is -0.357 e. The Kier molecular flexibility index (Phi) is 6.87. The van der Waals surface area contributed by atoms with Gasteiger partial charge in [0.2, 0.25) is 0 Å². The fraction of sp³-hybridized carbons (Fsp3) is 0.684. The van der Waals surface area contributed by atoms with Gasteiger partial charge in [-0.2, -0.15) is 0 Å². The van der Waals surface area contributed by atoms with E-state index in [1.807, 2.05) is 12.4 Å². The maximum atomic E-state index is 4.86. The number of rotatable bonds is 6. The van der Waals surface area contributed by atoms with Crippen molar-refractivity contribution in [2.24, 2.45) is 16.8 Å². The van der Waals surface area contributed by atoms with E-state index in [1.165, 1.54) is 24.0 Å². The van der Waals surface area contributed by atoms with E-state index in [4.69, 9.17) is 4.99 Å². The predicted molar refractivity (Wildman–Crippen MR) is 97.8 cm³/mol. The van der Waals surface area contributed by atoms with Gasteiger partial charge in [-0.1, -0.05) is 13.8 Å². The minimum atomic E-state index is 0.786. The van der Waals surface area contributed by atoms with E-state index in [2.05, 4.69) is 49.0 Å². The summed E-state index contributed by atoms with van der Waals surface area (Å²) in [5.74, 6) is 2.70. The Labute approximate surface area is 141 Å². The molecule has 1 aromatic heterocycles. The van der Waals surface area contributed by atoms with Crippen molar-refractivity contribution >= 4 is 5.96 Å². The van der Waals surface area contributed by atoms with E-state index in [-0.39, 0.29) is 0 Å². The number of hydrogen-bond donors (Lipinski definition) is 1. The van der Waals surface area contributed by atoms with Crippen molar-refractivity contribution < 1.29 is 0 Å². The van der Waals surface area contributed by atoms with Gasteiger partial charge in [0, 0.05) is 38.6 Å². The molecule has 1 atom stereocenters. The van der Waals surface area contributed by atoms with Gasteiger partial charge in [-0.25, -0.2) is 0 Å². The van der Waals surface area contributed by atoms with Gasteiger partial charge >= 0.3 is 0 Å². The second-order valence-corrected chi connectivity index (χ2v) is 7.02. The highest BCUT2D eigenvalue weighted by molar-refractivity contribution is 5.80. The molecule has 0 aliphatic carbocycles. The second kappa shape index (κ2) is 8.90. The van der Waals surface area contributed by atoms with Gasteiger partial charge in [-0.15, -0.1) is 0 Å². The Morgan fingerprint density at radius 1 is 1.48 bits per heavy atom. The molecule has 1 aliphatic heterocycles. The number of likely N-dealkylation sites (tertiary alicyclic amines) is 1. The Morgan fingerprint density at radius 2 is 2.30 bits per heavy atom. The zero-order valence-electron chi connectivity index (χ0n) is 15.2. The van der Waals surface area contributed by atoms with Crippen LogP contribution in [0, 0.1) is 18.8 Å². The molecule has 0 spiro atoms. The summed E-state index contributed by atoms with van der Waals surface area (Å²) in [7, 11) is 0. The van der Waals surface area contributed by atoms with Gasteiger partial charge < -0.3 is 10.2 Å². The molecule has 1 aliphatic rings. The summed E-state index contributed by atoms with van der Waals surface area (Å²) < 4.78 is 0. The topological polar surface area (TPSA) is 40.5 Å². The molecule has 1 N–H and O–H groups in total. The molecule has 0 amide bonds. The minimum absolute atomic E-state index is 0.786. The second-order valence-electron chi connectivity index (χ2n) is 7.02. The van der Waals surface area contributed by atoms with Crippen LogP contribution in [-0.2, 0) is 6.42 Å². The normalized spacial score (nSPS) is 18.7. The Balaban J connectivity index is 1.91. The average molecular weight is 316 g/mol. The number of hydrogen-bond acceptors (Lipinski definition) is 2. The number of aromatic nitrogens is 1. The SMILES string of the molecule is CCNC(=NCCc1ccncc1C)N1CCC(CC(C)C)C1. The molecule has 1 fully saturated rings. The number of nitrogens with zero attached hydrogens (tertiary/aromatic N) is 3. The summed E-state index contributed by atoms with van der Waals surface area (Å²) in [6.45, 7) is 12.9. The van der Waals surface area contributed by atoms with E-state index in [9.17, 15) is 0 Å². The zero-order chi connectivity index (χ0) is 16.7. The summed E-state index contributed by atoms with van der Waals surface area (Å²) in [6.07, 6.45) is 7.40. The molecule has 1 aromatic rings. The molecule has 1 saturated heterocycles. The zero-order valence-corrected chi connectivity index (χ0v) is 15.2. The van der Waals surface area contributed by atoms with E-state index in [1.54, 1.807) is 0 Å². The van der Waals surface area contributed by atoms with Crippen LogP contribution in [0.25, 0.3) is 0 Å². The van der Waals surface area contributed by atoms with Crippen LogP contribution in [0.1, 0.15) is 44.7 Å². The average Bonchev–Trinajstić information content (AvgIpc) is 2.96. The van der Waals surface area contributed by atoms with Crippen LogP contribution >= 0.6 is 0 Å². The van der Waals surface area contributed by atoms with Gasteiger partial charge in [0.05, 0.1) is 0 Å². The fourth-order valence-corrected chi connectivity index (χ4v) is 3.37. The Hall–Kier alpha value is -1.58. The molecule has 2 rings (SSSR count). The Morgan fingerprint density at radius 3 is 3.00 bits per heavy atom. The van der Waals surface area contributed by atoms with Gasteiger partial charge in [-0.3, -0.25) is 9.98 Å². The van der Waals surface area contributed by atoms with Crippen LogP contribution in [0.15, 0.2) is 23.5 Å². The maximum absolute atomic E-state index is 4.86. The molecule has 0 aromatic carbocycles. The molecule has 128 valence electrons. The van der Waals surface area contributed by atoms with Crippen LogP contribution in [0.2, 0.25) is 0 Å². The van der Waals surface area contributed by atoms with Crippen molar-refractivity contribution in [1.82, 2.24) is 15.2 Å².